The molecule has 0 bridgehead atoms. The van der Waals surface area contributed by atoms with Crippen LogP contribution in [0.25, 0.3) is 0 Å². The minimum absolute atomic E-state index is 0.0282. The standard InChI is InChI=1S/C52H42BN3O/c1-52(2,3)37-33-48-51-50(34-37)57-49-32-31-44(36-46(49)53(51)45-29-16-17-30-47(45)56(48)41-25-14-7-15-26-41)55(40-23-12-6-13-24-40)43-28-18-27-42(35-43)54(38-19-8-4-9-20-38)39-21-10-5-11-22-39/h4-36H,1-3H3. The molecule has 0 saturated carbocycles. The van der Waals surface area contributed by atoms with Crippen molar-refractivity contribution in [3.05, 3.63) is 206 Å². The first kappa shape index (κ1) is 34.5. The highest BCUT2D eigenvalue weighted by atomic mass is 16.5. The summed E-state index contributed by atoms with van der Waals surface area (Å²) in [4.78, 5) is 7.10. The summed E-state index contributed by atoms with van der Waals surface area (Å²) < 4.78 is 7.00. The van der Waals surface area contributed by atoms with Crippen LogP contribution in [0, 0.1) is 0 Å². The Balaban J connectivity index is 1.16. The van der Waals surface area contributed by atoms with Gasteiger partial charge in [0, 0.05) is 51.2 Å². The van der Waals surface area contributed by atoms with Gasteiger partial charge in [0.2, 0.25) is 0 Å². The number of anilines is 9. The van der Waals surface area contributed by atoms with Crippen molar-refractivity contribution in [3.8, 4) is 11.5 Å². The van der Waals surface area contributed by atoms with E-state index < -0.39 is 0 Å². The van der Waals surface area contributed by atoms with Crippen molar-refractivity contribution >= 4 is 74.3 Å². The van der Waals surface area contributed by atoms with Gasteiger partial charge in [-0.2, -0.15) is 0 Å². The molecule has 0 atom stereocenters. The Labute approximate surface area is 335 Å². The molecule has 2 heterocycles. The molecule has 8 aromatic rings. The van der Waals surface area contributed by atoms with E-state index in [0.29, 0.717) is 0 Å². The Morgan fingerprint density at radius 1 is 0.421 bits per heavy atom. The molecular weight excluding hydrogens is 693 g/mol. The maximum atomic E-state index is 7.00. The van der Waals surface area contributed by atoms with E-state index in [1.807, 2.05) is 0 Å². The zero-order valence-corrected chi connectivity index (χ0v) is 32.4. The molecule has 0 N–H and O–H groups in total. The zero-order valence-electron chi connectivity index (χ0n) is 32.4. The highest BCUT2D eigenvalue weighted by Crippen LogP contribution is 2.45. The van der Waals surface area contributed by atoms with Gasteiger partial charge in [-0.15, -0.1) is 0 Å². The third-order valence-corrected chi connectivity index (χ3v) is 11.2. The van der Waals surface area contributed by atoms with Crippen LogP contribution in [0.2, 0.25) is 0 Å². The second-order valence-corrected chi connectivity index (χ2v) is 15.8. The number of nitrogens with zero attached hydrogens (tertiary/aromatic N) is 3. The van der Waals surface area contributed by atoms with Gasteiger partial charge in [0.1, 0.15) is 11.5 Å². The Morgan fingerprint density at radius 3 is 1.53 bits per heavy atom. The summed E-state index contributed by atoms with van der Waals surface area (Å²) in [6.45, 7) is 6.80. The van der Waals surface area contributed by atoms with Crippen LogP contribution in [0.3, 0.4) is 0 Å². The van der Waals surface area contributed by atoms with E-state index in [1.54, 1.807) is 0 Å². The minimum Gasteiger partial charge on any atom is -0.458 e. The average molecular weight is 736 g/mol. The van der Waals surface area contributed by atoms with Crippen LogP contribution < -0.4 is 35.8 Å². The Hall–Kier alpha value is -6.98. The Kier molecular flexibility index (Phi) is 8.45. The normalized spacial score (nSPS) is 12.5. The lowest BCUT2D eigenvalue weighted by Crippen LogP contribution is -2.59. The number of benzene rings is 8. The second-order valence-electron chi connectivity index (χ2n) is 15.8. The molecule has 0 aliphatic carbocycles. The molecule has 0 radical (unpaired) electrons. The first-order valence-corrected chi connectivity index (χ1v) is 19.7. The molecule has 57 heavy (non-hydrogen) atoms. The lowest BCUT2D eigenvalue weighted by atomic mass is 9.34. The van der Waals surface area contributed by atoms with Gasteiger partial charge in [-0.25, -0.2) is 0 Å². The van der Waals surface area contributed by atoms with E-state index in [9.17, 15) is 0 Å². The fourth-order valence-corrected chi connectivity index (χ4v) is 8.51. The zero-order chi connectivity index (χ0) is 38.5. The second kappa shape index (κ2) is 14.0. The summed E-state index contributed by atoms with van der Waals surface area (Å²) in [5, 5.41) is 0. The van der Waals surface area contributed by atoms with Crippen molar-refractivity contribution in [1.82, 2.24) is 0 Å². The number of rotatable bonds is 7. The molecule has 4 nitrogen and oxygen atoms in total. The monoisotopic (exact) mass is 735 g/mol. The summed E-state index contributed by atoms with van der Waals surface area (Å²) in [6.07, 6.45) is 0. The molecule has 0 unspecified atom stereocenters. The Bertz CT molecular complexity index is 2670. The van der Waals surface area contributed by atoms with Crippen LogP contribution in [-0.2, 0) is 5.41 Å². The molecule has 2 aliphatic heterocycles. The number of para-hydroxylation sites is 5. The topological polar surface area (TPSA) is 19.0 Å². The summed E-state index contributed by atoms with van der Waals surface area (Å²) in [6, 6.07) is 71.6. The maximum absolute atomic E-state index is 7.00. The lowest BCUT2D eigenvalue weighted by Gasteiger charge is -2.41. The molecule has 0 fully saturated rings. The largest absolute Gasteiger partial charge is 0.458 e. The Morgan fingerprint density at radius 2 is 0.930 bits per heavy atom. The van der Waals surface area contributed by atoms with E-state index in [1.165, 1.54) is 22.2 Å². The van der Waals surface area contributed by atoms with Crippen LogP contribution in [0.1, 0.15) is 26.3 Å². The molecule has 0 saturated heterocycles. The number of fused-ring (bicyclic) bond motifs is 4. The van der Waals surface area contributed by atoms with Gasteiger partial charge in [-0.1, -0.05) is 118 Å². The van der Waals surface area contributed by atoms with E-state index in [0.717, 1.165) is 62.5 Å². The quantitative estimate of drug-likeness (QED) is 0.152. The summed E-state index contributed by atoms with van der Waals surface area (Å²) >= 11 is 0. The predicted molar refractivity (Wildman–Crippen MR) is 240 cm³/mol. The van der Waals surface area contributed by atoms with Crippen LogP contribution >= 0.6 is 0 Å². The van der Waals surface area contributed by atoms with E-state index >= 15 is 0 Å². The summed E-state index contributed by atoms with van der Waals surface area (Å²) in [5.41, 5.74) is 14.7. The molecular formula is C52H42BN3O. The van der Waals surface area contributed by atoms with Gasteiger partial charge in [0.25, 0.3) is 6.71 Å². The van der Waals surface area contributed by atoms with Gasteiger partial charge in [-0.05, 0) is 130 Å². The SMILES string of the molecule is CC(C)(C)c1cc2c3c(c1)N(c1ccccc1)c1ccccc1B3c1cc(N(c3ccccc3)c3cccc(N(c4ccccc4)c4ccccc4)c3)ccc1O2. The van der Waals surface area contributed by atoms with E-state index in [2.05, 4.69) is 236 Å². The predicted octanol–water partition coefficient (Wildman–Crippen LogP) is 12.3. The van der Waals surface area contributed by atoms with Crippen molar-refractivity contribution in [2.24, 2.45) is 0 Å². The van der Waals surface area contributed by atoms with E-state index in [4.69, 9.17) is 4.74 Å². The fourth-order valence-electron chi connectivity index (χ4n) is 8.51. The van der Waals surface area contributed by atoms with Gasteiger partial charge in [-0.3, -0.25) is 0 Å². The van der Waals surface area contributed by atoms with Gasteiger partial charge in [0.15, 0.2) is 0 Å². The van der Waals surface area contributed by atoms with Crippen molar-refractivity contribution in [1.29, 1.82) is 0 Å². The van der Waals surface area contributed by atoms with E-state index in [-0.39, 0.29) is 12.1 Å². The van der Waals surface area contributed by atoms with Gasteiger partial charge >= 0.3 is 0 Å². The smallest absolute Gasteiger partial charge is 0.256 e. The number of hydrogen-bond donors (Lipinski definition) is 0. The molecule has 5 heteroatoms. The van der Waals surface area contributed by atoms with Crippen molar-refractivity contribution < 1.29 is 4.74 Å². The minimum atomic E-state index is -0.0742. The summed E-state index contributed by atoms with van der Waals surface area (Å²) in [7, 11) is 0. The molecule has 274 valence electrons. The molecule has 0 spiro atoms. The first-order chi connectivity index (χ1) is 27.9. The summed E-state index contributed by atoms with van der Waals surface area (Å²) in [5.74, 6) is 1.81. The molecule has 2 aliphatic rings. The first-order valence-electron chi connectivity index (χ1n) is 19.7. The lowest BCUT2D eigenvalue weighted by molar-refractivity contribution is 0.483. The van der Waals surface area contributed by atoms with Gasteiger partial charge < -0.3 is 19.4 Å². The van der Waals surface area contributed by atoms with Gasteiger partial charge in [0.05, 0.1) is 0 Å². The molecule has 10 rings (SSSR count). The van der Waals surface area contributed by atoms with Crippen molar-refractivity contribution in [2.75, 3.05) is 14.7 Å². The number of ether oxygens (including phenoxy) is 1. The molecule has 0 aromatic heterocycles. The molecule has 0 amide bonds. The average Bonchev–Trinajstić information content (AvgIpc) is 3.25. The fraction of sp³-hybridized carbons (Fsp3) is 0.0769. The van der Waals surface area contributed by atoms with Crippen LogP contribution in [-0.4, -0.2) is 6.71 Å². The van der Waals surface area contributed by atoms with Crippen LogP contribution in [0.4, 0.5) is 51.2 Å². The maximum Gasteiger partial charge on any atom is 0.256 e. The third-order valence-electron chi connectivity index (χ3n) is 11.2. The number of hydrogen-bond acceptors (Lipinski definition) is 4. The molecule has 8 aromatic carbocycles. The van der Waals surface area contributed by atoms with Crippen LogP contribution in [0.15, 0.2) is 200 Å². The van der Waals surface area contributed by atoms with Crippen LogP contribution in [0.5, 0.6) is 11.5 Å². The third kappa shape index (κ3) is 6.13. The van der Waals surface area contributed by atoms with Crippen molar-refractivity contribution in [2.45, 2.75) is 26.2 Å². The highest BCUT2D eigenvalue weighted by Gasteiger charge is 2.43. The van der Waals surface area contributed by atoms with Crippen molar-refractivity contribution in [3.63, 3.8) is 0 Å². The highest BCUT2D eigenvalue weighted by molar-refractivity contribution is 6.99.